The molecule has 0 saturated carbocycles. The van der Waals surface area contributed by atoms with Crippen LogP contribution in [0.2, 0.25) is 0 Å². The second-order valence-corrected chi connectivity index (χ2v) is 6.76. The Morgan fingerprint density at radius 2 is 1.41 bits per heavy atom. The number of benzene rings is 1. The normalized spacial score (nSPS) is 10.5. The summed E-state index contributed by atoms with van der Waals surface area (Å²) < 4.78 is 4.61. The standard InChI is InChI=1S/C20H32BNO5/c1-27-19(23)11-9-7-5-3-2-4-6-8-10-16-22-20(24)17-12-14-18(15-13-17)21(25)26/h12-15,25-26H,2-11,16H2,1H3,(H,22,24). The van der Waals surface area contributed by atoms with Crippen LogP contribution in [0.4, 0.5) is 0 Å². The van der Waals surface area contributed by atoms with E-state index in [4.69, 9.17) is 10.0 Å². The molecule has 0 aliphatic rings. The van der Waals surface area contributed by atoms with Crippen LogP contribution < -0.4 is 10.8 Å². The number of unbranched alkanes of at least 4 members (excludes halogenated alkanes) is 8. The smallest absolute Gasteiger partial charge is 0.469 e. The maximum absolute atomic E-state index is 12.0. The molecule has 0 spiro atoms. The fourth-order valence-corrected chi connectivity index (χ4v) is 2.84. The first kappa shape index (κ1) is 23.2. The molecule has 7 heteroatoms. The van der Waals surface area contributed by atoms with Crippen molar-refractivity contribution < 1.29 is 24.4 Å². The summed E-state index contributed by atoms with van der Waals surface area (Å²) in [6.45, 7) is 0.650. The SMILES string of the molecule is COC(=O)CCCCCCCCCCCNC(=O)c1ccc(B(O)O)cc1. The van der Waals surface area contributed by atoms with E-state index in [9.17, 15) is 9.59 Å². The highest BCUT2D eigenvalue weighted by atomic mass is 16.5. The molecule has 1 rings (SSSR count). The van der Waals surface area contributed by atoms with Gasteiger partial charge in [-0.25, -0.2) is 0 Å². The fraction of sp³-hybridized carbons (Fsp3) is 0.600. The quantitative estimate of drug-likeness (QED) is 0.262. The molecule has 150 valence electrons. The summed E-state index contributed by atoms with van der Waals surface area (Å²) in [7, 11) is -0.0863. The molecule has 0 radical (unpaired) electrons. The van der Waals surface area contributed by atoms with Crippen LogP contribution in [0.5, 0.6) is 0 Å². The lowest BCUT2D eigenvalue weighted by molar-refractivity contribution is -0.140. The van der Waals surface area contributed by atoms with E-state index in [2.05, 4.69) is 10.1 Å². The van der Waals surface area contributed by atoms with E-state index in [1.54, 1.807) is 12.1 Å². The number of carbonyl (C=O) groups is 2. The number of esters is 1. The first-order chi connectivity index (χ1) is 13.0. The lowest BCUT2D eigenvalue weighted by atomic mass is 9.80. The highest BCUT2D eigenvalue weighted by Gasteiger charge is 2.11. The van der Waals surface area contributed by atoms with Gasteiger partial charge in [0.05, 0.1) is 7.11 Å². The van der Waals surface area contributed by atoms with Gasteiger partial charge in [-0.3, -0.25) is 9.59 Å². The zero-order chi connectivity index (χ0) is 19.9. The van der Waals surface area contributed by atoms with Gasteiger partial charge in [0.1, 0.15) is 0 Å². The molecule has 0 atom stereocenters. The molecule has 6 nitrogen and oxygen atoms in total. The number of amides is 1. The zero-order valence-electron chi connectivity index (χ0n) is 16.3. The fourth-order valence-electron chi connectivity index (χ4n) is 2.84. The summed E-state index contributed by atoms with van der Waals surface area (Å²) in [5.41, 5.74) is 0.890. The van der Waals surface area contributed by atoms with Crippen molar-refractivity contribution in [3.05, 3.63) is 29.8 Å². The Bertz CT molecular complexity index is 548. The minimum absolute atomic E-state index is 0.122. The number of methoxy groups -OCH3 is 1. The molecule has 1 amide bonds. The van der Waals surface area contributed by atoms with Crippen molar-refractivity contribution in [3.63, 3.8) is 0 Å². The van der Waals surface area contributed by atoms with Gasteiger partial charge in [0.2, 0.25) is 0 Å². The summed E-state index contributed by atoms with van der Waals surface area (Å²) in [5.74, 6) is -0.260. The molecule has 0 aromatic heterocycles. The third-order valence-corrected chi connectivity index (χ3v) is 4.54. The predicted octanol–water partition coefficient (Wildman–Crippen LogP) is 2.17. The molecule has 0 saturated heterocycles. The van der Waals surface area contributed by atoms with E-state index in [0.717, 1.165) is 25.7 Å². The van der Waals surface area contributed by atoms with Gasteiger partial charge in [0, 0.05) is 18.5 Å². The van der Waals surface area contributed by atoms with E-state index in [0.29, 0.717) is 24.0 Å². The Morgan fingerprint density at radius 3 is 1.93 bits per heavy atom. The summed E-state index contributed by atoms with van der Waals surface area (Å²) in [6, 6.07) is 6.26. The van der Waals surface area contributed by atoms with Crippen LogP contribution >= 0.6 is 0 Å². The molecule has 1 aromatic carbocycles. The van der Waals surface area contributed by atoms with E-state index < -0.39 is 7.12 Å². The van der Waals surface area contributed by atoms with Crippen LogP contribution in [-0.4, -0.2) is 42.7 Å². The van der Waals surface area contributed by atoms with Crippen molar-refractivity contribution in [2.45, 2.75) is 64.2 Å². The Hall–Kier alpha value is -1.86. The molecule has 0 bridgehead atoms. The van der Waals surface area contributed by atoms with Crippen molar-refractivity contribution >= 4 is 24.5 Å². The van der Waals surface area contributed by atoms with Gasteiger partial charge >= 0.3 is 13.1 Å². The van der Waals surface area contributed by atoms with Gasteiger partial charge in [-0.15, -0.1) is 0 Å². The molecular formula is C20H32BNO5. The van der Waals surface area contributed by atoms with Gasteiger partial charge < -0.3 is 20.1 Å². The Morgan fingerprint density at radius 1 is 0.889 bits per heavy atom. The van der Waals surface area contributed by atoms with Crippen LogP contribution in [0.25, 0.3) is 0 Å². The van der Waals surface area contributed by atoms with Crippen molar-refractivity contribution in [1.29, 1.82) is 0 Å². The second kappa shape index (κ2) is 14.2. The van der Waals surface area contributed by atoms with E-state index in [1.165, 1.54) is 51.3 Å². The number of ether oxygens (including phenoxy) is 1. The maximum Gasteiger partial charge on any atom is 0.488 e. The van der Waals surface area contributed by atoms with Gasteiger partial charge in [0.15, 0.2) is 0 Å². The topological polar surface area (TPSA) is 95.9 Å². The number of hydrogen-bond acceptors (Lipinski definition) is 5. The van der Waals surface area contributed by atoms with Gasteiger partial charge in [-0.2, -0.15) is 0 Å². The van der Waals surface area contributed by atoms with Crippen molar-refractivity contribution in [2.24, 2.45) is 0 Å². The molecule has 3 N–H and O–H groups in total. The second-order valence-electron chi connectivity index (χ2n) is 6.76. The summed E-state index contributed by atoms with van der Waals surface area (Å²) in [6.07, 6.45) is 10.5. The van der Waals surface area contributed by atoms with Crippen LogP contribution in [0.1, 0.15) is 74.6 Å². The molecule has 1 aromatic rings. The first-order valence-electron chi connectivity index (χ1n) is 9.85. The monoisotopic (exact) mass is 377 g/mol. The molecule has 0 aliphatic heterocycles. The van der Waals surface area contributed by atoms with Crippen molar-refractivity contribution in [3.8, 4) is 0 Å². The third kappa shape index (κ3) is 10.8. The van der Waals surface area contributed by atoms with Crippen LogP contribution in [0.3, 0.4) is 0 Å². The minimum atomic E-state index is -1.51. The molecule has 0 heterocycles. The number of carbonyl (C=O) groups excluding carboxylic acids is 2. The van der Waals surface area contributed by atoms with Crippen LogP contribution in [0.15, 0.2) is 24.3 Å². The largest absolute Gasteiger partial charge is 0.488 e. The van der Waals surface area contributed by atoms with Crippen molar-refractivity contribution in [1.82, 2.24) is 5.32 Å². The highest BCUT2D eigenvalue weighted by molar-refractivity contribution is 6.58. The van der Waals surface area contributed by atoms with Crippen LogP contribution in [0, 0.1) is 0 Å². The Kier molecular flexibility index (Phi) is 12.2. The minimum Gasteiger partial charge on any atom is -0.469 e. The highest BCUT2D eigenvalue weighted by Crippen LogP contribution is 2.10. The van der Waals surface area contributed by atoms with Gasteiger partial charge in [-0.1, -0.05) is 57.1 Å². The van der Waals surface area contributed by atoms with Gasteiger partial charge in [-0.05, 0) is 30.4 Å². The Balaban J connectivity index is 1.95. The molecular weight excluding hydrogens is 345 g/mol. The molecule has 27 heavy (non-hydrogen) atoms. The summed E-state index contributed by atoms with van der Waals surface area (Å²) in [5, 5.41) is 21.0. The Labute approximate surface area is 162 Å². The predicted molar refractivity (Wildman–Crippen MR) is 107 cm³/mol. The lowest BCUT2D eigenvalue weighted by Gasteiger charge is -2.06. The lowest BCUT2D eigenvalue weighted by Crippen LogP contribution is -2.30. The maximum atomic E-state index is 12.0. The average Bonchev–Trinajstić information content (AvgIpc) is 2.68. The first-order valence-corrected chi connectivity index (χ1v) is 9.85. The summed E-state index contributed by atoms with van der Waals surface area (Å²) in [4.78, 5) is 22.9. The zero-order valence-corrected chi connectivity index (χ0v) is 16.3. The number of nitrogens with one attached hydrogen (secondary N) is 1. The molecule has 0 fully saturated rings. The van der Waals surface area contributed by atoms with E-state index >= 15 is 0 Å². The number of hydrogen-bond donors (Lipinski definition) is 3. The van der Waals surface area contributed by atoms with E-state index in [-0.39, 0.29) is 11.9 Å². The van der Waals surface area contributed by atoms with E-state index in [1.807, 2.05) is 0 Å². The third-order valence-electron chi connectivity index (χ3n) is 4.54. The molecule has 0 aliphatic carbocycles. The average molecular weight is 377 g/mol. The van der Waals surface area contributed by atoms with Crippen molar-refractivity contribution in [2.75, 3.05) is 13.7 Å². The summed E-state index contributed by atoms with van der Waals surface area (Å²) >= 11 is 0. The number of rotatable bonds is 14. The molecule has 0 unspecified atom stereocenters. The van der Waals surface area contributed by atoms with Gasteiger partial charge in [0.25, 0.3) is 5.91 Å². The van der Waals surface area contributed by atoms with Crippen LogP contribution in [-0.2, 0) is 9.53 Å².